The van der Waals surface area contributed by atoms with Gasteiger partial charge in [0.2, 0.25) is 0 Å². The van der Waals surface area contributed by atoms with E-state index in [1.807, 2.05) is 0 Å². The van der Waals surface area contributed by atoms with Gasteiger partial charge in [0.15, 0.2) is 0 Å². The van der Waals surface area contributed by atoms with Crippen molar-refractivity contribution in [1.82, 2.24) is 5.32 Å². The van der Waals surface area contributed by atoms with Crippen LogP contribution in [-0.2, 0) is 11.3 Å². The number of rotatable bonds is 6. The molecule has 0 saturated carbocycles. The molecule has 4 heteroatoms. The normalized spacial score (nSPS) is 16.4. The Hall–Kier alpha value is -0.580. The minimum absolute atomic E-state index is 0.498. The van der Waals surface area contributed by atoms with Gasteiger partial charge in [-0.25, -0.2) is 0 Å². The molecule has 0 amide bonds. The van der Waals surface area contributed by atoms with Crippen LogP contribution in [0.4, 0.5) is 5.69 Å². The van der Waals surface area contributed by atoms with Crippen LogP contribution in [0.3, 0.4) is 0 Å². The van der Waals surface area contributed by atoms with E-state index in [2.05, 4.69) is 65.2 Å². The standard InChI is InChI=1S/C17H27BrN2O/c1-13(2)19-11-15-10-16(18)4-5-17(15)20(3)12-14-6-8-21-9-7-14/h4-5,10,13-14,19H,6-9,11-12H2,1-3H3. The fourth-order valence-corrected chi connectivity index (χ4v) is 3.21. The van der Waals surface area contributed by atoms with Crippen LogP contribution >= 0.6 is 15.9 Å². The molecule has 1 aliphatic heterocycles. The highest BCUT2D eigenvalue weighted by Crippen LogP contribution is 2.26. The van der Waals surface area contributed by atoms with Crippen LogP contribution in [0.1, 0.15) is 32.3 Å². The number of hydrogen-bond acceptors (Lipinski definition) is 3. The number of anilines is 1. The molecule has 1 fully saturated rings. The van der Waals surface area contributed by atoms with Gasteiger partial charge >= 0.3 is 0 Å². The molecule has 21 heavy (non-hydrogen) atoms. The number of benzene rings is 1. The zero-order valence-electron chi connectivity index (χ0n) is 13.4. The number of ether oxygens (including phenoxy) is 1. The summed E-state index contributed by atoms with van der Waals surface area (Å²) in [6, 6.07) is 7.08. The summed E-state index contributed by atoms with van der Waals surface area (Å²) in [5.74, 6) is 0.748. The molecule has 0 aromatic heterocycles. The van der Waals surface area contributed by atoms with Crippen LogP contribution in [0.2, 0.25) is 0 Å². The quantitative estimate of drug-likeness (QED) is 0.840. The van der Waals surface area contributed by atoms with E-state index in [-0.39, 0.29) is 0 Å². The van der Waals surface area contributed by atoms with E-state index in [4.69, 9.17) is 4.74 Å². The maximum Gasteiger partial charge on any atom is 0.0469 e. The summed E-state index contributed by atoms with van der Waals surface area (Å²) in [7, 11) is 2.21. The molecule has 1 N–H and O–H groups in total. The van der Waals surface area contributed by atoms with Crippen LogP contribution < -0.4 is 10.2 Å². The molecule has 1 saturated heterocycles. The molecule has 1 heterocycles. The summed E-state index contributed by atoms with van der Waals surface area (Å²) in [6.45, 7) is 8.22. The molecule has 0 bridgehead atoms. The first-order chi connectivity index (χ1) is 10.1. The third-order valence-corrected chi connectivity index (χ3v) is 4.52. The summed E-state index contributed by atoms with van der Waals surface area (Å²) >= 11 is 3.59. The summed E-state index contributed by atoms with van der Waals surface area (Å²) in [6.07, 6.45) is 2.36. The van der Waals surface area contributed by atoms with Gasteiger partial charge < -0.3 is 15.0 Å². The second-order valence-electron chi connectivity index (χ2n) is 6.24. The van der Waals surface area contributed by atoms with Crippen molar-refractivity contribution in [1.29, 1.82) is 0 Å². The second-order valence-corrected chi connectivity index (χ2v) is 7.16. The van der Waals surface area contributed by atoms with E-state index in [1.165, 1.54) is 24.1 Å². The van der Waals surface area contributed by atoms with Gasteiger partial charge in [0.1, 0.15) is 0 Å². The molecule has 0 aliphatic carbocycles. The molecule has 3 nitrogen and oxygen atoms in total. The molecule has 118 valence electrons. The summed E-state index contributed by atoms with van der Waals surface area (Å²) in [5.41, 5.74) is 2.69. The fraction of sp³-hybridized carbons (Fsp3) is 0.647. The predicted molar refractivity (Wildman–Crippen MR) is 92.9 cm³/mol. The van der Waals surface area contributed by atoms with E-state index in [0.29, 0.717) is 6.04 Å². The average molecular weight is 355 g/mol. The van der Waals surface area contributed by atoms with Crippen LogP contribution in [0.25, 0.3) is 0 Å². The van der Waals surface area contributed by atoms with Crippen LogP contribution in [-0.4, -0.2) is 32.8 Å². The maximum atomic E-state index is 5.46. The lowest BCUT2D eigenvalue weighted by molar-refractivity contribution is 0.0685. The first kappa shape index (κ1) is 16.8. The highest BCUT2D eigenvalue weighted by atomic mass is 79.9. The average Bonchev–Trinajstić information content (AvgIpc) is 2.46. The van der Waals surface area contributed by atoms with Crippen molar-refractivity contribution in [3.8, 4) is 0 Å². The lowest BCUT2D eigenvalue weighted by Gasteiger charge is -2.30. The van der Waals surface area contributed by atoms with Crippen LogP contribution in [0, 0.1) is 5.92 Å². The molecule has 1 aromatic rings. The van der Waals surface area contributed by atoms with Gasteiger partial charge in [0.25, 0.3) is 0 Å². The van der Waals surface area contributed by atoms with Crippen LogP contribution in [0.15, 0.2) is 22.7 Å². The van der Waals surface area contributed by atoms with Gasteiger partial charge in [0.05, 0.1) is 0 Å². The van der Waals surface area contributed by atoms with Gasteiger partial charge in [-0.15, -0.1) is 0 Å². The molecule has 0 unspecified atom stereocenters. The number of nitrogens with one attached hydrogen (secondary N) is 1. The maximum absolute atomic E-state index is 5.46. The molecule has 2 rings (SSSR count). The molecular weight excluding hydrogens is 328 g/mol. The van der Waals surface area contributed by atoms with E-state index >= 15 is 0 Å². The van der Waals surface area contributed by atoms with Gasteiger partial charge in [0, 0.05) is 49.6 Å². The predicted octanol–water partition coefficient (Wildman–Crippen LogP) is 3.81. The summed E-state index contributed by atoms with van der Waals surface area (Å²) < 4.78 is 6.60. The lowest BCUT2D eigenvalue weighted by atomic mass is 9.99. The molecule has 0 spiro atoms. The van der Waals surface area contributed by atoms with Gasteiger partial charge in [-0.05, 0) is 42.5 Å². The van der Waals surface area contributed by atoms with Crippen molar-refractivity contribution >= 4 is 21.6 Å². The first-order valence-electron chi connectivity index (χ1n) is 7.87. The number of nitrogens with zero attached hydrogens (tertiary/aromatic N) is 1. The van der Waals surface area contributed by atoms with E-state index in [1.54, 1.807) is 0 Å². The summed E-state index contributed by atoms with van der Waals surface area (Å²) in [5, 5.41) is 3.52. The lowest BCUT2D eigenvalue weighted by Crippen LogP contribution is -2.31. The van der Waals surface area contributed by atoms with Crippen molar-refractivity contribution in [2.75, 3.05) is 31.7 Å². The third kappa shape index (κ3) is 5.28. The Bertz CT molecular complexity index is 444. The second kappa shape index (κ2) is 8.16. The van der Waals surface area contributed by atoms with E-state index in [0.717, 1.165) is 36.7 Å². The highest BCUT2D eigenvalue weighted by molar-refractivity contribution is 9.10. The molecule has 1 aromatic carbocycles. The molecule has 0 atom stereocenters. The van der Waals surface area contributed by atoms with Crippen LogP contribution in [0.5, 0.6) is 0 Å². The first-order valence-corrected chi connectivity index (χ1v) is 8.66. The van der Waals surface area contributed by atoms with Crippen molar-refractivity contribution in [2.24, 2.45) is 5.92 Å². The Morgan fingerprint density at radius 3 is 2.71 bits per heavy atom. The Labute approximate surface area is 137 Å². The highest BCUT2D eigenvalue weighted by Gasteiger charge is 2.17. The molecule has 0 radical (unpaired) electrons. The Balaban J connectivity index is 2.05. The van der Waals surface area contributed by atoms with Gasteiger partial charge in [-0.1, -0.05) is 29.8 Å². The fourth-order valence-electron chi connectivity index (χ4n) is 2.80. The monoisotopic (exact) mass is 354 g/mol. The van der Waals surface area contributed by atoms with E-state index in [9.17, 15) is 0 Å². The minimum Gasteiger partial charge on any atom is -0.381 e. The van der Waals surface area contributed by atoms with Crippen molar-refractivity contribution in [2.45, 2.75) is 39.3 Å². The Kier molecular flexibility index (Phi) is 6.52. The number of halogens is 1. The minimum atomic E-state index is 0.498. The number of hydrogen-bond donors (Lipinski definition) is 1. The topological polar surface area (TPSA) is 24.5 Å². The summed E-state index contributed by atoms with van der Waals surface area (Å²) in [4.78, 5) is 2.40. The third-order valence-electron chi connectivity index (χ3n) is 4.03. The van der Waals surface area contributed by atoms with Gasteiger partial charge in [-0.2, -0.15) is 0 Å². The van der Waals surface area contributed by atoms with Crippen molar-refractivity contribution in [3.05, 3.63) is 28.2 Å². The smallest absolute Gasteiger partial charge is 0.0469 e. The van der Waals surface area contributed by atoms with Crippen molar-refractivity contribution < 1.29 is 4.74 Å². The molecule has 1 aliphatic rings. The van der Waals surface area contributed by atoms with Crippen molar-refractivity contribution in [3.63, 3.8) is 0 Å². The molecular formula is C17H27BrN2O. The van der Waals surface area contributed by atoms with E-state index < -0.39 is 0 Å². The SMILES string of the molecule is CC(C)NCc1cc(Br)ccc1N(C)CC1CCOCC1. The van der Waals surface area contributed by atoms with Gasteiger partial charge in [-0.3, -0.25) is 0 Å². The Morgan fingerprint density at radius 1 is 1.33 bits per heavy atom. The zero-order chi connectivity index (χ0) is 15.2. The Morgan fingerprint density at radius 2 is 2.05 bits per heavy atom. The largest absolute Gasteiger partial charge is 0.381 e. The zero-order valence-corrected chi connectivity index (χ0v) is 14.9.